The number of aryl methyl sites for hydroxylation is 1. The monoisotopic (exact) mass is 434 g/mol. The Kier molecular flexibility index (Phi) is 5.91. The minimum absolute atomic E-state index is 0. The average molecular weight is 436 g/mol. The van der Waals surface area contributed by atoms with Gasteiger partial charge >= 0.3 is 0 Å². The highest BCUT2D eigenvalue weighted by Gasteiger charge is 2.27. The van der Waals surface area contributed by atoms with Crippen molar-refractivity contribution in [3.63, 3.8) is 0 Å². The number of nitrogens with one attached hydrogen (secondary N) is 1. The van der Waals surface area contributed by atoms with Gasteiger partial charge < -0.3 is 5.73 Å². The number of benzene rings is 2. The predicted molar refractivity (Wildman–Crippen MR) is 98.2 cm³/mol. The van der Waals surface area contributed by atoms with Crippen molar-refractivity contribution in [3.05, 3.63) is 57.8 Å². The summed E-state index contributed by atoms with van der Waals surface area (Å²) in [5.41, 5.74) is 8.40. The van der Waals surface area contributed by atoms with Gasteiger partial charge in [0.1, 0.15) is 10.7 Å². The Hall–Kier alpha value is -1.15. The van der Waals surface area contributed by atoms with Crippen LogP contribution in [0.2, 0.25) is 0 Å². The van der Waals surface area contributed by atoms with Gasteiger partial charge in [-0.3, -0.25) is 0 Å². The van der Waals surface area contributed by atoms with E-state index in [0.717, 1.165) is 30.0 Å². The highest BCUT2D eigenvalue weighted by Crippen LogP contribution is 2.32. The van der Waals surface area contributed by atoms with Crippen molar-refractivity contribution in [1.82, 2.24) is 4.72 Å². The van der Waals surface area contributed by atoms with Crippen LogP contribution in [0.4, 0.5) is 10.1 Å². The van der Waals surface area contributed by atoms with E-state index in [1.54, 1.807) is 6.07 Å². The maximum atomic E-state index is 14.0. The van der Waals surface area contributed by atoms with Crippen molar-refractivity contribution < 1.29 is 12.8 Å². The van der Waals surface area contributed by atoms with E-state index < -0.39 is 15.8 Å². The van der Waals surface area contributed by atoms with Gasteiger partial charge in [-0.05, 0) is 60.7 Å². The van der Waals surface area contributed by atoms with Gasteiger partial charge in [0, 0.05) is 16.2 Å². The summed E-state index contributed by atoms with van der Waals surface area (Å²) in [7, 11) is -3.94. The van der Waals surface area contributed by atoms with Crippen LogP contribution in [0, 0.1) is 5.82 Å². The van der Waals surface area contributed by atoms with Gasteiger partial charge in [-0.25, -0.2) is 17.5 Å². The zero-order valence-electron chi connectivity index (χ0n) is 12.6. The Morgan fingerprint density at radius 2 is 1.96 bits per heavy atom. The van der Waals surface area contributed by atoms with Crippen LogP contribution in [0.15, 0.2) is 45.8 Å². The molecule has 2 aromatic rings. The molecule has 0 amide bonds. The van der Waals surface area contributed by atoms with Crippen molar-refractivity contribution in [2.45, 2.75) is 30.2 Å². The van der Waals surface area contributed by atoms with Gasteiger partial charge in [0.25, 0.3) is 0 Å². The first-order valence-corrected chi connectivity index (χ1v) is 9.50. The molecule has 0 spiro atoms. The number of anilines is 1. The lowest BCUT2D eigenvalue weighted by Gasteiger charge is -2.26. The Morgan fingerprint density at radius 1 is 1.21 bits per heavy atom. The second kappa shape index (κ2) is 7.39. The molecule has 0 saturated carbocycles. The second-order valence-electron chi connectivity index (χ2n) is 5.60. The first kappa shape index (κ1) is 19.2. The van der Waals surface area contributed by atoms with E-state index in [-0.39, 0.29) is 23.3 Å². The third-order valence-electron chi connectivity index (χ3n) is 3.96. The normalized spacial score (nSPS) is 17.0. The Labute approximate surface area is 155 Å². The zero-order chi connectivity index (χ0) is 16.6. The summed E-state index contributed by atoms with van der Waals surface area (Å²) in [6.07, 6.45) is 2.39. The summed E-state index contributed by atoms with van der Waals surface area (Å²) in [5.74, 6) is -0.778. The molecule has 1 atom stereocenters. The van der Waals surface area contributed by atoms with Gasteiger partial charge in [-0.15, -0.1) is 12.4 Å². The fourth-order valence-corrected chi connectivity index (χ4v) is 4.54. The van der Waals surface area contributed by atoms with E-state index in [0.29, 0.717) is 16.6 Å². The average Bonchev–Trinajstić information content (AvgIpc) is 2.46. The maximum Gasteiger partial charge on any atom is 0.244 e. The number of hydrogen-bond donors (Lipinski definition) is 2. The third-order valence-corrected chi connectivity index (χ3v) is 5.96. The SMILES string of the molecule is Cl.Nc1ccc2c(c1)CCCC2NS(=O)(=O)c1ccc(Br)cc1F. The number of nitrogen functional groups attached to an aromatic ring is 1. The molecule has 0 heterocycles. The molecule has 0 fully saturated rings. The van der Waals surface area contributed by atoms with Crippen LogP contribution in [-0.2, 0) is 16.4 Å². The summed E-state index contributed by atoms with van der Waals surface area (Å²) in [4.78, 5) is -0.344. The number of halogens is 3. The van der Waals surface area contributed by atoms with Crippen LogP contribution in [0.3, 0.4) is 0 Å². The summed E-state index contributed by atoms with van der Waals surface area (Å²) in [6.45, 7) is 0. The molecule has 24 heavy (non-hydrogen) atoms. The van der Waals surface area contributed by atoms with Crippen molar-refractivity contribution >= 4 is 44.0 Å². The number of sulfonamides is 1. The Balaban J connectivity index is 0.00000208. The standard InChI is InChI=1S/C16H16BrFN2O2S.ClH/c17-11-4-7-16(14(18)9-11)23(21,22)20-15-3-1-2-10-8-12(19)5-6-13(10)15;/h4-9,15,20H,1-3,19H2;1H. The molecule has 0 aromatic heterocycles. The fourth-order valence-electron chi connectivity index (χ4n) is 2.90. The van der Waals surface area contributed by atoms with Crippen LogP contribution in [0.25, 0.3) is 0 Å². The fraction of sp³-hybridized carbons (Fsp3) is 0.250. The molecule has 0 bridgehead atoms. The molecular weight excluding hydrogens is 419 g/mol. The highest BCUT2D eigenvalue weighted by atomic mass is 79.9. The van der Waals surface area contributed by atoms with Crippen LogP contribution in [0.1, 0.15) is 30.0 Å². The molecule has 0 aliphatic heterocycles. The van der Waals surface area contributed by atoms with Crippen molar-refractivity contribution in [2.24, 2.45) is 0 Å². The number of hydrogen-bond acceptors (Lipinski definition) is 3. The zero-order valence-corrected chi connectivity index (χ0v) is 15.8. The highest BCUT2D eigenvalue weighted by molar-refractivity contribution is 9.10. The first-order chi connectivity index (χ1) is 10.9. The van der Waals surface area contributed by atoms with E-state index in [4.69, 9.17) is 5.73 Å². The van der Waals surface area contributed by atoms with Crippen LogP contribution in [-0.4, -0.2) is 8.42 Å². The topological polar surface area (TPSA) is 72.2 Å². The molecule has 1 aliphatic carbocycles. The molecule has 3 N–H and O–H groups in total. The molecular formula is C16H17BrClFN2O2S. The molecule has 8 heteroatoms. The first-order valence-electron chi connectivity index (χ1n) is 7.22. The predicted octanol–water partition coefficient (Wildman–Crippen LogP) is 3.95. The van der Waals surface area contributed by atoms with Crippen molar-refractivity contribution in [1.29, 1.82) is 0 Å². The van der Waals surface area contributed by atoms with E-state index in [2.05, 4.69) is 20.7 Å². The summed E-state index contributed by atoms with van der Waals surface area (Å²) >= 11 is 3.12. The van der Waals surface area contributed by atoms with Crippen LogP contribution < -0.4 is 10.5 Å². The lowest BCUT2D eigenvalue weighted by atomic mass is 9.88. The van der Waals surface area contributed by atoms with E-state index in [1.807, 2.05) is 12.1 Å². The quantitative estimate of drug-likeness (QED) is 0.717. The largest absolute Gasteiger partial charge is 0.399 e. The molecule has 1 aliphatic rings. The van der Waals surface area contributed by atoms with E-state index >= 15 is 0 Å². The molecule has 3 rings (SSSR count). The number of nitrogens with two attached hydrogens (primary N) is 1. The van der Waals surface area contributed by atoms with Gasteiger partial charge in [-0.2, -0.15) is 0 Å². The number of rotatable bonds is 3. The Bertz CT molecular complexity index is 861. The van der Waals surface area contributed by atoms with Crippen LogP contribution in [0.5, 0.6) is 0 Å². The molecule has 1 unspecified atom stereocenters. The van der Waals surface area contributed by atoms with Crippen molar-refractivity contribution in [3.8, 4) is 0 Å². The van der Waals surface area contributed by atoms with Gasteiger partial charge in [-0.1, -0.05) is 22.0 Å². The Morgan fingerprint density at radius 3 is 2.67 bits per heavy atom. The van der Waals surface area contributed by atoms with Gasteiger partial charge in [0.15, 0.2) is 0 Å². The molecule has 2 aromatic carbocycles. The molecule has 130 valence electrons. The minimum Gasteiger partial charge on any atom is -0.399 e. The lowest BCUT2D eigenvalue weighted by molar-refractivity contribution is 0.501. The van der Waals surface area contributed by atoms with Crippen molar-refractivity contribution in [2.75, 3.05) is 5.73 Å². The third kappa shape index (κ3) is 3.91. The van der Waals surface area contributed by atoms with Gasteiger partial charge in [0.05, 0.1) is 0 Å². The lowest BCUT2D eigenvalue weighted by Crippen LogP contribution is -2.31. The molecule has 4 nitrogen and oxygen atoms in total. The molecule has 0 radical (unpaired) electrons. The molecule has 0 saturated heterocycles. The summed E-state index contributed by atoms with van der Waals surface area (Å²) in [6, 6.07) is 9.01. The van der Waals surface area contributed by atoms with Gasteiger partial charge in [0.2, 0.25) is 10.0 Å². The van der Waals surface area contributed by atoms with E-state index in [9.17, 15) is 12.8 Å². The summed E-state index contributed by atoms with van der Waals surface area (Å²) < 4.78 is 42.1. The maximum absolute atomic E-state index is 14.0. The second-order valence-corrected chi connectivity index (χ2v) is 8.20. The minimum atomic E-state index is -3.94. The smallest absolute Gasteiger partial charge is 0.244 e. The summed E-state index contributed by atoms with van der Waals surface area (Å²) in [5, 5.41) is 0. The van der Waals surface area contributed by atoms with E-state index in [1.165, 1.54) is 12.1 Å². The van der Waals surface area contributed by atoms with Crippen LogP contribution >= 0.6 is 28.3 Å². The number of fused-ring (bicyclic) bond motifs is 1.